The van der Waals surface area contributed by atoms with Crippen molar-refractivity contribution >= 4 is 43.2 Å². The van der Waals surface area contributed by atoms with Crippen molar-refractivity contribution in [3.8, 4) is 12.3 Å². The molecule has 0 radical (unpaired) electrons. The zero-order valence-electron chi connectivity index (χ0n) is 17.7. The van der Waals surface area contributed by atoms with E-state index < -0.39 is 27.6 Å². The Hall–Kier alpha value is -3.81. The van der Waals surface area contributed by atoms with Crippen molar-refractivity contribution in [1.29, 1.82) is 0 Å². The maximum Gasteiger partial charge on any atom is 0.281 e. The lowest BCUT2D eigenvalue weighted by molar-refractivity contribution is 0.0998. The van der Waals surface area contributed by atoms with E-state index in [1.54, 1.807) is 24.3 Å². The Morgan fingerprint density at radius 3 is 2.56 bits per heavy atom. The Bertz CT molecular complexity index is 1630. The highest BCUT2D eigenvalue weighted by Gasteiger charge is 2.19. The van der Waals surface area contributed by atoms with Crippen LogP contribution in [-0.2, 0) is 16.6 Å². The Kier molecular flexibility index (Phi) is 6.32. The van der Waals surface area contributed by atoms with Gasteiger partial charge < -0.3 is 4.57 Å². The summed E-state index contributed by atoms with van der Waals surface area (Å²) in [5.74, 6) is -0.0114. The first-order valence-corrected chi connectivity index (χ1v) is 12.2. The fourth-order valence-corrected chi connectivity index (χ4v) is 5.43. The first-order chi connectivity index (χ1) is 16.2. The van der Waals surface area contributed by atoms with E-state index in [4.69, 9.17) is 6.42 Å². The number of nitrogens with zero attached hydrogens (tertiary/aromatic N) is 2. The van der Waals surface area contributed by atoms with Crippen LogP contribution in [0.25, 0.3) is 10.2 Å². The van der Waals surface area contributed by atoms with Gasteiger partial charge in [-0.25, -0.2) is 17.2 Å². The summed E-state index contributed by atoms with van der Waals surface area (Å²) in [7, 11) is -3.97. The minimum atomic E-state index is -3.97. The van der Waals surface area contributed by atoms with E-state index in [2.05, 4.69) is 15.6 Å². The standard InChI is InChI=1S/C24H17F2N3O3S2/c1-3-12-29-22-19(26)13-16(25)14-21(22)33-24(29)27-23(30)18-6-4-5-7-20(18)28-34(31,32)17-10-8-15(2)9-11-17/h1,4-11,13-14,28H,12H2,2H3. The number of carbonyl (C=O) groups excluding carboxylic acids is 1. The molecule has 0 atom stereocenters. The third kappa shape index (κ3) is 4.62. The van der Waals surface area contributed by atoms with Gasteiger partial charge in [0.2, 0.25) is 0 Å². The smallest absolute Gasteiger partial charge is 0.281 e. The van der Waals surface area contributed by atoms with Gasteiger partial charge in [0, 0.05) is 6.07 Å². The molecule has 0 spiro atoms. The number of rotatable bonds is 5. The van der Waals surface area contributed by atoms with Crippen LogP contribution in [0.15, 0.2) is 70.6 Å². The van der Waals surface area contributed by atoms with Crippen LogP contribution >= 0.6 is 11.3 Å². The van der Waals surface area contributed by atoms with Crippen LogP contribution in [0, 0.1) is 30.9 Å². The van der Waals surface area contributed by atoms with Gasteiger partial charge in [-0.3, -0.25) is 9.52 Å². The second-order valence-corrected chi connectivity index (χ2v) is 9.98. The Labute approximate surface area is 198 Å². The average molecular weight is 498 g/mol. The van der Waals surface area contributed by atoms with Crippen molar-refractivity contribution in [3.63, 3.8) is 0 Å². The zero-order valence-corrected chi connectivity index (χ0v) is 19.4. The molecule has 4 rings (SSSR count). The highest BCUT2D eigenvalue weighted by molar-refractivity contribution is 7.92. The van der Waals surface area contributed by atoms with E-state index in [-0.39, 0.29) is 37.7 Å². The van der Waals surface area contributed by atoms with Gasteiger partial charge in [0.1, 0.15) is 5.82 Å². The lowest BCUT2D eigenvalue weighted by atomic mass is 10.2. The normalized spacial score (nSPS) is 12.0. The molecule has 0 saturated carbocycles. The summed E-state index contributed by atoms with van der Waals surface area (Å²) in [5.41, 5.74) is 0.936. The van der Waals surface area contributed by atoms with E-state index in [1.165, 1.54) is 28.8 Å². The van der Waals surface area contributed by atoms with E-state index in [1.807, 2.05) is 6.92 Å². The Morgan fingerprint density at radius 2 is 1.85 bits per heavy atom. The van der Waals surface area contributed by atoms with E-state index in [9.17, 15) is 22.0 Å². The molecule has 0 aliphatic rings. The number of hydrogen-bond acceptors (Lipinski definition) is 4. The van der Waals surface area contributed by atoms with Gasteiger partial charge in [-0.05, 0) is 37.3 Å². The number of fused-ring (bicyclic) bond motifs is 1. The summed E-state index contributed by atoms with van der Waals surface area (Å²) < 4.78 is 57.7. The van der Waals surface area contributed by atoms with Crippen molar-refractivity contribution in [2.75, 3.05) is 4.72 Å². The van der Waals surface area contributed by atoms with Gasteiger partial charge in [0.25, 0.3) is 15.9 Å². The number of benzene rings is 3. The largest absolute Gasteiger partial charge is 0.302 e. The maximum atomic E-state index is 14.4. The lowest BCUT2D eigenvalue weighted by Gasteiger charge is -2.11. The summed E-state index contributed by atoms with van der Waals surface area (Å²) in [6.07, 6.45) is 5.39. The number of carbonyl (C=O) groups is 1. The molecule has 1 heterocycles. The van der Waals surface area contributed by atoms with Crippen molar-refractivity contribution in [3.05, 3.63) is 88.2 Å². The number of sulfonamides is 1. The van der Waals surface area contributed by atoms with Gasteiger partial charge in [-0.15, -0.1) is 6.42 Å². The number of nitrogens with one attached hydrogen (secondary N) is 1. The van der Waals surface area contributed by atoms with Crippen LogP contribution < -0.4 is 9.52 Å². The second kappa shape index (κ2) is 9.21. The molecule has 0 saturated heterocycles. The second-order valence-electron chi connectivity index (χ2n) is 7.29. The van der Waals surface area contributed by atoms with Crippen molar-refractivity contribution in [2.24, 2.45) is 4.99 Å². The highest BCUT2D eigenvalue weighted by atomic mass is 32.2. The number of anilines is 1. The molecule has 0 fully saturated rings. The molecule has 1 N–H and O–H groups in total. The number of aromatic nitrogens is 1. The van der Waals surface area contributed by atoms with Crippen LogP contribution in [0.2, 0.25) is 0 Å². The summed E-state index contributed by atoms with van der Waals surface area (Å²) in [4.78, 5) is 17.2. The Balaban J connectivity index is 1.78. The van der Waals surface area contributed by atoms with Gasteiger partial charge in [-0.1, -0.05) is 47.1 Å². The summed E-state index contributed by atoms with van der Waals surface area (Å²) in [5, 5.41) is 0. The van der Waals surface area contributed by atoms with Gasteiger partial charge in [0.05, 0.1) is 32.9 Å². The molecule has 4 aromatic rings. The SMILES string of the molecule is C#CCn1c(=NC(=O)c2ccccc2NS(=O)(=O)c2ccc(C)cc2)sc2cc(F)cc(F)c21. The number of hydrogen-bond donors (Lipinski definition) is 1. The molecular weight excluding hydrogens is 480 g/mol. The monoisotopic (exact) mass is 497 g/mol. The molecule has 6 nitrogen and oxygen atoms in total. The van der Waals surface area contributed by atoms with Crippen LogP contribution in [0.3, 0.4) is 0 Å². The summed E-state index contributed by atoms with van der Waals surface area (Å²) in [6.45, 7) is 1.73. The predicted octanol–water partition coefficient (Wildman–Crippen LogP) is 4.46. The molecule has 3 aromatic carbocycles. The minimum Gasteiger partial charge on any atom is -0.302 e. The van der Waals surface area contributed by atoms with Crippen LogP contribution in [0.4, 0.5) is 14.5 Å². The topological polar surface area (TPSA) is 80.5 Å². The number of terminal acetylenes is 1. The maximum absolute atomic E-state index is 14.4. The van der Waals surface area contributed by atoms with Crippen LogP contribution in [0.1, 0.15) is 15.9 Å². The fraction of sp³-hybridized carbons (Fsp3) is 0.0833. The molecule has 1 amide bonds. The summed E-state index contributed by atoms with van der Waals surface area (Å²) in [6, 6.07) is 14.1. The van der Waals surface area contributed by atoms with Gasteiger partial charge >= 0.3 is 0 Å². The quantitative estimate of drug-likeness (QED) is 0.414. The van der Waals surface area contributed by atoms with Crippen LogP contribution in [0.5, 0.6) is 0 Å². The van der Waals surface area contributed by atoms with Crippen LogP contribution in [-0.4, -0.2) is 18.9 Å². The Morgan fingerprint density at radius 1 is 1.15 bits per heavy atom. The third-order valence-corrected chi connectivity index (χ3v) is 7.28. The summed E-state index contributed by atoms with van der Waals surface area (Å²) >= 11 is 0.894. The minimum absolute atomic E-state index is 0.0189. The fourth-order valence-electron chi connectivity index (χ4n) is 3.28. The first-order valence-electron chi connectivity index (χ1n) is 9.89. The lowest BCUT2D eigenvalue weighted by Crippen LogP contribution is -2.18. The third-order valence-electron chi connectivity index (χ3n) is 4.87. The molecule has 10 heteroatoms. The van der Waals surface area contributed by atoms with Crippen molar-refractivity contribution in [2.45, 2.75) is 18.4 Å². The number of para-hydroxylation sites is 1. The average Bonchev–Trinajstić information content (AvgIpc) is 3.11. The highest BCUT2D eigenvalue weighted by Crippen LogP contribution is 2.24. The molecule has 0 bridgehead atoms. The number of thiazole rings is 1. The first kappa shape index (κ1) is 23.4. The van der Waals surface area contributed by atoms with E-state index in [0.29, 0.717) is 0 Å². The predicted molar refractivity (Wildman–Crippen MR) is 127 cm³/mol. The zero-order chi connectivity index (χ0) is 24.5. The molecule has 1 aromatic heterocycles. The van der Waals surface area contributed by atoms with E-state index >= 15 is 0 Å². The molecule has 0 aliphatic heterocycles. The molecular formula is C24H17F2N3O3S2. The number of amides is 1. The van der Waals surface area contributed by atoms with Crippen molar-refractivity contribution < 1.29 is 22.0 Å². The van der Waals surface area contributed by atoms with Crippen molar-refractivity contribution in [1.82, 2.24) is 4.57 Å². The van der Waals surface area contributed by atoms with Gasteiger partial charge in [0.15, 0.2) is 10.6 Å². The molecule has 0 unspecified atom stereocenters. The molecule has 0 aliphatic carbocycles. The number of halogens is 2. The molecule has 172 valence electrons. The number of aryl methyl sites for hydroxylation is 1. The molecule has 34 heavy (non-hydrogen) atoms. The van der Waals surface area contributed by atoms with Gasteiger partial charge in [-0.2, -0.15) is 4.99 Å². The van der Waals surface area contributed by atoms with E-state index in [0.717, 1.165) is 29.0 Å².